The van der Waals surface area contributed by atoms with Gasteiger partial charge in [0.15, 0.2) is 0 Å². The molecule has 142 valence electrons. The second-order valence-corrected chi connectivity index (χ2v) is 8.82. The molecule has 0 aliphatic heterocycles. The number of rotatable bonds is 7. The molecule has 0 aliphatic rings. The normalized spacial score (nSPS) is 13.0. The fraction of sp³-hybridized carbons (Fsp3) is 0.400. The first-order valence-corrected chi connectivity index (χ1v) is 10.1. The molecular weight excluding hydrogens is 346 g/mol. The van der Waals surface area contributed by atoms with Crippen LogP contribution in [0, 0.1) is 13.8 Å². The molecule has 5 nitrogen and oxygen atoms in total. The fourth-order valence-electron chi connectivity index (χ4n) is 2.86. The zero-order valence-corrected chi connectivity index (χ0v) is 17.3. The van der Waals surface area contributed by atoms with Gasteiger partial charge in [0.05, 0.1) is 4.90 Å². The van der Waals surface area contributed by atoms with Gasteiger partial charge in [0, 0.05) is 32.4 Å². The maximum Gasteiger partial charge on any atom is 0.240 e. The van der Waals surface area contributed by atoms with Crippen LogP contribution < -0.4 is 9.62 Å². The number of nitrogens with zero attached hydrogens (tertiary/aromatic N) is 2. The molecule has 0 amide bonds. The van der Waals surface area contributed by atoms with Crippen molar-refractivity contribution in [3.05, 3.63) is 59.2 Å². The van der Waals surface area contributed by atoms with Crippen LogP contribution >= 0.6 is 0 Å². The lowest BCUT2D eigenvalue weighted by Gasteiger charge is -2.26. The van der Waals surface area contributed by atoms with E-state index in [1.165, 1.54) is 0 Å². The molecule has 0 radical (unpaired) electrons. The summed E-state index contributed by atoms with van der Waals surface area (Å²) in [6.07, 6.45) is 0. The van der Waals surface area contributed by atoms with E-state index >= 15 is 0 Å². The molecule has 1 N–H and O–H groups in total. The molecule has 2 aromatic rings. The molecule has 0 saturated heterocycles. The van der Waals surface area contributed by atoms with Gasteiger partial charge in [0.25, 0.3) is 0 Å². The Hall–Kier alpha value is -1.89. The Morgan fingerprint density at radius 2 is 1.58 bits per heavy atom. The zero-order chi connectivity index (χ0) is 19.5. The first-order chi connectivity index (χ1) is 12.1. The standard InChI is InChI=1S/C20H29N3O2S/c1-15-7-8-16(2)20(13-15)26(24,25)21-14-19(23(5)6)17-9-11-18(12-10-17)22(3)4/h7-13,19,21H,14H2,1-6H3/t19-/m0/s1. The van der Waals surface area contributed by atoms with Crippen LogP contribution in [0.5, 0.6) is 0 Å². The molecule has 1 atom stereocenters. The summed E-state index contributed by atoms with van der Waals surface area (Å²) in [6.45, 7) is 4.02. The molecule has 0 spiro atoms. The van der Waals surface area contributed by atoms with Gasteiger partial charge >= 0.3 is 0 Å². The summed E-state index contributed by atoms with van der Waals surface area (Å²) in [6, 6.07) is 13.6. The molecule has 6 heteroatoms. The summed E-state index contributed by atoms with van der Waals surface area (Å²) in [5.74, 6) is 0. The van der Waals surface area contributed by atoms with E-state index in [0.717, 1.165) is 22.4 Å². The molecule has 0 unspecified atom stereocenters. The topological polar surface area (TPSA) is 52.7 Å². The van der Waals surface area contributed by atoms with Crippen molar-refractivity contribution in [3.63, 3.8) is 0 Å². The minimum atomic E-state index is -3.56. The van der Waals surface area contributed by atoms with E-state index in [4.69, 9.17) is 0 Å². The number of sulfonamides is 1. The lowest BCUT2D eigenvalue weighted by molar-refractivity contribution is 0.299. The number of benzene rings is 2. The van der Waals surface area contributed by atoms with Crippen LogP contribution in [-0.2, 0) is 10.0 Å². The number of likely N-dealkylation sites (N-methyl/N-ethyl adjacent to an activating group) is 1. The quantitative estimate of drug-likeness (QED) is 0.808. The van der Waals surface area contributed by atoms with Crippen LogP contribution in [0.25, 0.3) is 0 Å². The molecule has 0 fully saturated rings. The monoisotopic (exact) mass is 375 g/mol. The second kappa shape index (κ2) is 8.20. The van der Waals surface area contributed by atoms with Crippen LogP contribution in [0.1, 0.15) is 22.7 Å². The van der Waals surface area contributed by atoms with Gasteiger partial charge in [-0.3, -0.25) is 0 Å². The maximum absolute atomic E-state index is 12.8. The van der Waals surface area contributed by atoms with Crippen molar-refractivity contribution in [3.8, 4) is 0 Å². The third-order valence-corrected chi connectivity index (χ3v) is 6.08. The summed E-state index contributed by atoms with van der Waals surface area (Å²) >= 11 is 0. The highest BCUT2D eigenvalue weighted by molar-refractivity contribution is 7.89. The summed E-state index contributed by atoms with van der Waals surface area (Å²) < 4.78 is 28.3. The van der Waals surface area contributed by atoms with Gasteiger partial charge in [-0.25, -0.2) is 13.1 Å². The van der Waals surface area contributed by atoms with E-state index < -0.39 is 10.0 Å². The lowest BCUT2D eigenvalue weighted by atomic mass is 10.1. The number of nitrogens with one attached hydrogen (secondary N) is 1. The molecular formula is C20H29N3O2S. The van der Waals surface area contributed by atoms with Crippen molar-refractivity contribution in [1.29, 1.82) is 0 Å². The second-order valence-electron chi connectivity index (χ2n) is 7.09. The van der Waals surface area contributed by atoms with E-state index in [1.54, 1.807) is 6.07 Å². The van der Waals surface area contributed by atoms with E-state index in [9.17, 15) is 8.42 Å². The van der Waals surface area contributed by atoms with Gasteiger partial charge < -0.3 is 9.80 Å². The molecule has 0 aliphatic carbocycles. The van der Waals surface area contributed by atoms with Crippen LogP contribution in [0.4, 0.5) is 5.69 Å². The van der Waals surface area contributed by atoms with Gasteiger partial charge in [-0.05, 0) is 62.8 Å². The lowest BCUT2D eigenvalue weighted by Crippen LogP contribution is -2.34. The summed E-state index contributed by atoms with van der Waals surface area (Å²) in [5.41, 5.74) is 3.87. The molecule has 0 aromatic heterocycles. The highest BCUT2D eigenvalue weighted by Crippen LogP contribution is 2.22. The van der Waals surface area contributed by atoms with Crippen LogP contribution in [0.3, 0.4) is 0 Å². The Balaban J connectivity index is 2.21. The Morgan fingerprint density at radius 1 is 0.962 bits per heavy atom. The molecule has 2 aromatic carbocycles. The van der Waals surface area contributed by atoms with Crippen LogP contribution in [-0.4, -0.2) is 48.1 Å². The van der Waals surface area contributed by atoms with Gasteiger partial charge in [0.2, 0.25) is 10.0 Å². The van der Waals surface area contributed by atoms with E-state index in [-0.39, 0.29) is 6.04 Å². The smallest absolute Gasteiger partial charge is 0.240 e. The molecule has 26 heavy (non-hydrogen) atoms. The van der Waals surface area contributed by atoms with Gasteiger partial charge in [-0.1, -0.05) is 24.3 Å². The Labute approximate surface area is 157 Å². The van der Waals surface area contributed by atoms with Crippen molar-refractivity contribution in [2.45, 2.75) is 24.8 Å². The van der Waals surface area contributed by atoms with Crippen molar-refractivity contribution in [1.82, 2.24) is 9.62 Å². The number of hydrogen-bond acceptors (Lipinski definition) is 4. The van der Waals surface area contributed by atoms with Crippen LogP contribution in [0.2, 0.25) is 0 Å². The number of hydrogen-bond donors (Lipinski definition) is 1. The Bertz CT molecular complexity index is 844. The average molecular weight is 376 g/mol. The van der Waals surface area contributed by atoms with E-state index in [1.807, 2.05) is 88.2 Å². The minimum absolute atomic E-state index is 0.0499. The largest absolute Gasteiger partial charge is 0.378 e. The van der Waals surface area contributed by atoms with Crippen molar-refractivity contribution < 1.29 is 8.42 Å². The predicted octanol–water partition coefficient (Wildman–Crippen LogP) is 2.95. The van der Waals surface area contributed by atoms with Gasteiger partial charge in [-0.15, -0.1) is 0 Å². The molecule has 2 rings (SSSR count). The minimum Gasteiger partial charge on any atom is -0.378 e. The summed E-state index contributed by atoms with van der Waals surface area (Å²) in [4.78, 5) is 4.41. The molecule has 0 saturated carbocycles. The average Bonchev–Trinajstić information content (AvgIpc) is 2.57. The predicted molar refractivity (Wildman–Crippen MR) is 108 cm³/mol. The van der Waals surface area contributed by atoms with E-state index in [2.05, 4.69) is 4.72 Å². The Kier molecular flexibility index (Phi) is 6.44. The van der Waals surface area contributed by atoms with Gasteiger partial charge in [0.1, 0.15) is 0 Å². The highest BCUT2D eigenvalue weighted by atomic mass is 32.2. The van der Waals surface area contributed by atoms with Crippen molar-refractivity contribution in [2.24, 2.45) is 0 Å². The summed E-state index contributed by atoms with van der Waals surface area (Å²) in [5, 5.41) is 0. The molecule has 0 heterocycles. The van der Waals surface area contributed by atoms with Crippen LogP contribution in [0.15, 0.2) is 47.4 Å². The third kappa shape index (κ3) is 4.84. The highest BCUT2D eigenvalue weighted by Gasteiger charge is 2.21. The third-order valence-electron chi connectivity index (χ3n) is 4.52. The van der Waals surface area contributed by atoms with Crippen molar-refractivity contribution in [2.75, 3.05) is 39.6 Å². The first kappa shape index (κ1) is 20.4. The van der Waals surface area contributed by atoms with E-state index in [0.29, 0.717) is 11.4 Å². The number of anilines is 1. The van der Waals surface area contributed by atoms with Crippen molar-refractivity contribution >= 4 is 15.7 Å². The fourth-order valence-corrected chi connectivity index (χ4v) is 4.22. The number of aryl methyl sites for hydroxylation is 2. The maximum atomic E-state index is 12.8. The zero-order valence-electron chi connectivity index (χ0n) is 16.4. The summed E-state index contributed by atoms with van der Waals surface area (Å²) in [7, 11) is 4.35. The first-order valence-electron chi connectivity index (χ1n) is 8.62. The molecule has 0 bridgehead atoms. The van der Waals surface area contributed by atoms with Gasteiger partial charge in [-0.2, -0.15) is 0 Å². The SMILES string of the molecule is Cc1ccc(C)c(S(=O)(=O)NC[C@@H](c2ccc(N(C)C)cc2)N(C)C)c1. The Morgan fingerprint density at radius 3 is 2.12 bits per heavy atom.